The van der Waals surface area contributed by atoms with E-state index in [1.807, 2.05) is 12.1 Å². The molecule has 0 radical (unpaired) electrons. The zero-order valence-electron chi connectivity index (χ0n) is 19.6. The predicted octanol–water partition coefficient (Wildman–Crippen LogP) is 4.50. The third kappa shape index (κ3) is 7.74. The van der Waals surface area contributed by atoms with Crippen LogP contribution in [0.5, 0.6) is 11.5 Å². The number of ether oxygens (including phenoxy) is 3. The van der Waals surface area contributed by atoms with Crippen LogP contribution in [0.1, 0.15) is 24.8 Å². The molecule has 2 heterocycles. The first-order chi connectivity index (χ1) is 16.5. The minimum absolute atomic E-state index is 0.245. The van der Waals surface area contributed by atoms with E-state index >= 15 is 0 Å². The first kappa shape index (κ1) is 25.5. The minimum atomic E-state index is -0.848. The molecule has 1 unspecified atom stereocenters. The lowest BCUT2D eigenvalue weighted by Crippen LogP contribution is -2.38. The molecule has 1 atom stereocenters. The maximum absolute atomic E-state index is 11.1. The normalized spacial score (nSPS) is 22.3. The van der Waals surface area contributed by atoms with Gasteiger partial charge in [-0.15, -0.1) is 0 Å². The van der Waals surface area contributed by atoms with Crippen LogP contribution in [0.2, 0.25) is 10.0 Å². The van der Waals surface area contributed by atoms with Gasteiger partial charge in [0, 0.05) is 38.8 Å². The molecule has 186 valence electrons. The molecule has 2 fully saturated rings. The lowest BCUT2D eigenvalue weighted by atomic mass is 9.96. The summed E-state index contributed by atoms with van der Waals surface area (Å²) in [6.45, 7) is 8.08. The number of hydrogen-bond acceptors (Lipinski definition) is 6. The maximum atomic E-state index is 11.1. The zero-order valence-corrected chi connectivity index (χ0v) is 21.1. The molecular weight excluding hydrogens is 475 g/mol. The Kier molecular flexibility index (Phi) is 9.34. The van der Waals surface area contributed by atoms with Gasteiger partial charge in [-0.2, -0.15) is 0 Å². The number of aliphatic hydroxyl groups is 1. The van der Waals surface area contributed by atoms with Crippen molar-refractivity contribution in [2.45, 2.75) is 31.4 Å². The van der Waals surface area contributed by atoms with Gasteiger partial charge in [-0.1, -0.05) is 35.3 Å². The van der Waals surface area contributed by atoms with E-state index < -0.39 is 5.60 Å². The maximum Gasteiger partial charge on any atom is 0.121 e. The molecule has 2 aliphatic rings. The van der Waals surface area contributed by atoms with Crippen LogP contribution in [0, 0.1) is 0 Å². The van der Waals surface area contributed by atoms with E-state index in [2.05, 4.69) is 21.9 Å². The van der Waals surface area contributed by atoms with Crippen molar-refractivity contribution in [1.29, 1.82) is 0 Å². The molecule has 0 amide bonds. The fourth-order valence-electron chi connectivity index (χ4n) is 4.39. The van der Waals surface area contributed by atoms with Crippen LogP contribution in [0.3, 0.4) is 0 Å². The molecule has 2 aliphatic heterocycles. The van der Waals surface area contributed by atoms with E-state index in [-0.39, 0.29) is 6.61 Å². The van der Waals surface area contributed by atoms with Crippen LogP contribution in [0.15, 0.2) is 42.5 Å². The largest absolute Gasteiger partial charge is 0.492 e. The molecule has 0 bridgehead atoms. The van der Waals surface area contributed by atoms with Crippen molar-refractivity contribution in [1.82, 2.24) is 9.80 Å². The molecule has 4 rings (SSSR count). The van der Waals surface area contributed by atoms with Crippen LogP contribution >= 0.6 is 23.2 Å². The Hall–Kier alpha value is -1.54. The predicted molar refractivity (Wildman–Crippen MR) is 135 cm³/mol. The summed E-state index contributed by atoms with van der Waals surface area (Å²) < 4.78 is 17.1. The van der Waals surface area contributed by atoms with Crippen molar-refractivity contribution in [2.75, 3.05) is 59.2 Å². The van der Waals surface area contributed by atoms with Gasteiger partial charge in [-0.3, -0.25) is 9.80 Å². The Labute approximate surface area is 212 Å². The van der Waals surface area contributed by atoms with Crippen molar-refractivity contribution >= 4 is 23.2 Å². The fourth-order valence-corrected chi connectivity index (χ4v) is 4.68. The van der Waals surface area contributed by atoms with Gasteiger partial charge in [0.15, 0.2) is 0 Å². The summed E-state index contributed by atoms with van der Waals surface area (Å²) in [7, 11) is 0. The third-order valence-electron chi connectivity index (χ3n) is 6.52. The summed E-state index contributed by atoms with van der Waals surface area (Å²) in [5.41, 5.74) is 0.400. The standard InChI is InChI=1S/C26H34Cl2N2O4/c27-24-7-6-23(18-25(24)28)34-20-26(31)8-1-10-30(11-9-26)19-21-2-4-22(5-3-21)33-17-14-29-12-15-32-16-13-29/h2-7,18,31H,1,8-17,19-20H2. The second-order valence-corrected chi connectivity index (χ2v) is 9.98. The number of hydrogen-bond donors (Lipinski definition) is 1. The minimum Gasteiger partial charge on any atom is -0.492 e. The number of halogens is 2. The van der Waals surface area contributed by atoms with Gasteiger partial charge in [0.25, 0.3) is 0 Å². The Morgan fingerprint density at radius 3 is 2.38 bits per heavy atom. The summed E-state index contributed by atoms with van der Waals surface area (Å²) in [5.74, 6) is 1.53. The number of rotatable bonds is 9. The van der Waals surface area contributed by atoms with Gasteiger partial charge in [0.2, 0.25) is 0 Å². The van der Waals surface area contributed by atoms with Crippen molar-refractivity contribution < 1.29 is 19.3 Å². The van der Waals surface area contributed by atoms with E-state index in [0.29, 0.717) is 35.2 Å². The topological polar surface area (TPSA) is 54.4 Å². The molecule has 8 heteroatoms. The molecule has 0 aliphatic carbocycles. The number of morpholine rings is 1. The zero-order chi connectivity index (χ0) is 23.8. The van der Waals surface area contributed by atoms with E-state index in [4.69, 9.17) is 37.4 Å². The van der Waals surface area contributed by atoms with E-state index in [1.54, 1.807) is 18.2 Å². The monoisotopic (exact) mass is 508 g/mol. The average molecular weight is 509 g/mol. The first-order valence-electron chi connectivity index (χ1n) is 12.0. The van der Waals surface area contributed by atoms with Crippen molar-refractivity contribution in [3.05, 3.63) is 58.1 Å². The average Bonchev–Trinajstić information content (AvgIpc) is 3.03. The van der Waals surface area contributed by atoms with Gasteiger partial charge < -0.3 is 19.3 Å². The second kappa shape index (κ2) is 12.4. The first-order valence-corrected chi connectivity index (χ1v) is 12.8. The Balaban J connectivity index is 1.20. The summed E-state index contributed by atoms with van der Waals surface area (Å²) in [6.07, 6.45) is 2.29. The molecular formula is C26H34Cl2N2O4. The molecule has 2 aromatic rings. The van der Waals surface area contributed by atoms with Gasteiger partial charge in [0.1, 0.15) is 24.7 Å². The quantitative estimate of drug-likeness (QED) is 0.538. The number of benzene rings is 2. The van der Waals surface area contributed by atoms with E-state index in [9.17, 15) is 5.11 Å². The molecule has 1 N–H and O–H groups in total. The van der Waals surface area contributed by atoms with E-state index in [1.165, 1.54) is 5.56 Å². The molecule has 0 aromatic heterocycles. The smallest absolute Gasteiger partial charge is 0.121 e. The Bertz CT molecular complexity index is 908. The van der Waals surface area contributed by atoms with E-state index in [0.717, 1.165) is 64.7 Å². The van der Waals surface area contributed by atoms with Crippen LogP contribution in [0.25, 0.3) is 0 Å². The summed E-state index contributed by atoms with van der Waals surface area (Å²) in [4.78, 5) is 4.76. The Morgan fingerprint density at radius 2 is 1.62 bits per heavy atom. The summed E-state index contributed by atoms with van der Waals surface area (Å²) in [6, 6.07) is 13.5. The van der Waals surface area contributed by atoms with Crippen molar-refractivity contribution in [3.63, 3.8) is 0 Å². The number of nitrogens with zero attached hydrogens (tertiary/aromatic N) is 2. The van der Waals surface area contributed by atoms with Gasteiger partial charge >= 0.3 is 0 Å². The molecule has 6 nitrogen and oxygen atoms in total. The van der Waals surface area contributed by atoms with Crippen LogP contribution in [0.4, 0.5) is 0 Å². The van der Waals surface area contributed by atoms with Gasteiger partial charge in [-0.25, -0.2) is 0 Å². The molecule has 0 saturated carbocycles. The van der Waals surface area contributed by atoms with Crippen LogP contribution < -0.4 is 9.47 Å². The van der Waals surface area contributed by atoms with Crippen LogP contribution in [-0.2, 0) is 11.3 Å². The molecule has 34 heavy (non-hydrogen) atoms. The van der Waals surface area contributed by atoms with Crippen LogP contribution in [-0.4, -0.2) is 79.7 Å². The van der Waals surface area contributed by atoms with Crippen molar-refractivity contribution in [2.24, 2.45) is 0 Å². The highest BCUT2D eigenvalue weighted by Crippen LogP contribution is 2.29. The third-order valence-corrected chi connectivity index (χ3v) is 7.26. The SMILES string of the molecule is OC1(COc2ccc(Cl)c(Cl)c2)CCCN(Cc2ccc(OCCN3CCOCC3)cc2)CC1. The highest BCUT2D eigenvalue weighted by molar-refractivity contribution is 6.42. The van der Waals surface area contributed by atoms with Crippen molar-refractivity contribution in [3.8, 4) is 11.5 Å². The second-order valence-electron chi connectivity index (χ2n) is 9.17. The molecule has 2 saturated heterocycles. The highest BCUT2D eigenvalue weighted by Gasteiger charge is 2.31. The molecule has 2 aromatic carbocycles. The summed E-state index contributed by atoms with van der Waals surface area (Å²) in [5, 5.41) is 12.0. The summed E-state index contributed by atoms with van der Waals surface area (Å²) >= 11 is 12.0. The lowest BCUT2D eigenvalue weighted by Gasteiger charge is -2.27. The van der Waals surface area contributed by atoms with Gasteiger partial charge in [-0.05, 0) is 55.6 Å². The van der Waals surface area contributed by atoms with Gasteiger partial charge in [0.05, 0.1) is 28.9 Å². The number of likely N-dealkylation sites (tertiary alicyclic amines) is 1. The lowest BCUT2D eigenvalue weighted by molar-refractivity contribution is -0.0168. The Morgan fingerprint density at radius 1 is 0.853 bits per heavy atom. The fraction of sp³-hybridized carbons (Fsp3) is 0.538. The molecule has 0 spiro atoms. The highest BCUT2D eigenvalue weighted by atomic mass is 35.5.